The predicted molar refractivity (Wildman–Crippen MR) is 70.0 cm³/mol. The molecule has 2 aromatic carbocycles. The van der Waals surface area contributed by atoms with Crippen molar-refractivity contribution in [2.24, 2.45) is 0 Å². The first kappa shape index (κ1) is 11.4. The lowest BCUT2D eigenvalue weighted by Gasteiger charge is -2.05. The third kappa shape index (κ3) is 1.95. The van der Waals surface area contributed by atoms with Gasteiger partial charge in [0.1, 0.15) is 22.9 Å². The van der Waals surface area contributed by atoms with Gasteiger partial charge in [0.15, 0.2) is 0 Å². The van der Waals surface area contributed by atoms with E-state index in [1.54, 1.807) is 10.9 Å². The van der Waals surface area contributed by atoms with Gasteiger partial charge in [0, 0.05) is 6.54 Å². The molecule has 0 aliphatic rings. The predicted octanol–water partition coefficient (Wildman–Crippen LogP) is 3.10. The number of hydrogen-bond acceptors (Lipinski definition) is 2. The molecule has 3 aromatic rings. The van der Waals surface area contributed by atoms with Gasteiger partial charge in [-0.15, -0.1) is 0 Å². The Morgan fingerprint density at radius 2 is 1.95 bits per heavy atom. The molecule has 0 amide bonds. The minimum absolute atomic E-state index is 0.359. The van der Waals surface area contributed by atoms with Gasteiger partial charge in [-0.05, 0) is 17.7 Å². The van der Waals surface area contributed by atoms with Crippen molar-refractivity contribution >= 4 is 11.0 Å². The molecule has 0 N–H and O–H groups in total. The molecule has 1 heterocycles. The highest BCUT2D eigenvalue weighted by Crippen LogP contribution is 2.21. The van der Waals surface area contributed by atoms with Crippen LogP contribution in [0.25, 0.3) is 11.0 Å². The van der Waals surface area contributed by atoms with Crippen LogP contribution in [-0.2, 0) is 6.54 Å². The average molecular weight is 251 g/mol. The van der Waals surface area contributed by atoms with Crippen LogP contribution in [0.5, 0.6) is 0 Å². The summed E-state index contributed by atoms with van der Waals surface area (Å²) in [6.07, 6.45) is 1.57. The Morgan fingerprint density at radius 1 is 1.16 bits per heavy atom. The Morgan fingerprint density at radius 3 is 2.68 bits per heavy atom. The quantitative estimate of drug-likeness (QED) is 0.702. The van der Waals surface area contributed by atoms with Crippen molar-refractivity contribution in [1.82, 2.24) is 9.55 Å². The van der Waals surface area contributed by atoms with Crippen molar-refractivity contribution in [3.8, 4) is 6.07 Å². The Balaban J connectivity index is 2.13. The van der Waals surface area contributed by atoms with Crippen LogP contribution in [0.4, 0.5) is 4.39 Å². The van der Waals surface area contributed by atoms with Gasteiger partial charge in [-0.25, -0.2) is 9.37 Å². The van der Waals surface area contributed by atoms with E-state index in [1.807, 2.05) is 36.4 Å². The van der Waals surface area contributed by atoms with Crippen molar-refractivity contribution in [2.45, 2.75) is 6.54 Å². The second-order valence-electron chi connectivity index (χ2n) is 4.26. The molecule has 0 saturated heterocycles. The zero-order chi connectivity index (χ0) is 13.2. The van der Waals surface area contributed by atoms with Crippen LogP contribution in [-0.4, -0.2) is 9.55 Å². The van der Waals surface area contributed by atoms with Crippen molar-refractivity contribution in [3.05, 3.63) is 65.7 Å². The van der Waals surface area contributed by atoms with Crippen LogP contribution >= 0.6 is 0 Å². The highest BCUT2D eigenvalue weighted by Gasteiger charge is 2.12. The lowest BCUT2D eigenvalue weighted by Crippen LogP contribution is -1.99. The second-order valence-corrected chi connectivity index (χ2v) is 4.26. The summed E-state index contributed by atoms with van der Waals surface area (Å²) in [4.78, 5) is 4.15. The van der Waals surface area contributed by atoms with Crippen molar-refractivity contribution in [2.75, 3.05) is 0 Å². The fraction of sp³-hybridized carbons (Fsp3) is 0.0667. The Hall–Kier alpha value is -2.67. The summed E-state index contributed by atoms with van der Waals surface area (Å²) in [6, 6.07) is 14.5. The van der Waals surface area contributed by atoms with Gasteiger partial charge < -0.3 is 4.57 Å². The average Bonchev–Trinajstić information content (AvgIpc) is 2.85. The molecule has 0 fully saturated rings. The van der Waals surface area contributed by atoms with Crippen molar-refractivity contribution < 1.29 is 4.39 Å². The number of rotatable bonds is 2. The summed E-state index contributed by atoms with van der Waals surface area (Å²) in [5, 5.41) is 9.00. The van der Waals surface area contributed by atoms with Gasteiger partial charge in [-0.3, -0.25) is 0 Å². The van der Waals surface area contributed by atoms with E-state index in [0.717, 1.165) is 5.56 Å². The van der Waals surface area contributed by atoms with Crippen LogP contribution < -0.4 is 0 Å². The molecule has 0 atom stereocenters. The molecule has 3 nitrogen and oxygen atoms in total. The molecule has 1 aromatic heterocycles. The Kier molecular flexibility index (Phi) is 2.73. The van der Waals surface area contributed by atoms with Gasteiger partial charge in [-0.1, -0.05) is 30.3 Å². The monoisotopic (exact) mass is 251 g/mol. The molecule has 0 radical (unpaired) electrons. The Bertz CT molecular complexity index is 769. The molecule has 0 aliphatic heterocycles. The zero-order valence-corrected chi connectivity index (χ0v) is 10.0. The van der Waals surface area contributed by atoms with Gasteiger partial charge in [0.05, 0.1) is 11.9 Å². The minimum atomic E-state index is -0.359. The molecule has 0 aliphatic carbocycles. The number of aromatic nitrogens is 2. The normalized spacial score (nSPS) is 10.5. The van der Waals surface area contributed by atoms with Crippen molar-refractivity contribution in [3.63, 3.8) is 0 Å². The summed E-state index contributed by atoms with van der Waals surface area (Å²) >= 11 is 0. The molecule has 92 valence electrons. The lowest BCUT2D eigenvalue weighted by molar-refractivity contribution is 0.628. The van der Waals surface area contributed by atoms with Gasteiger partial charge in [-0.2, -0.15) is 5.26 Å². The fourth-order valence-corrected chi connectivity index (χ4v) is 2.13. The summed E-state index contributed by atoms with van der Waals surface area (Å²) in [5.41, 5.74) is 2.24. The second kappa shape index (κ2) is 4.54. The van der Waals surface area contributed by atoms with E-state index in [0.29, 0.717) is 23.1 Å². The van der Waals surface area contributed by atoms with E-state index in [1.165, 1.54) is 12.1 Å². The topological polar surface area (TPSA) is 41.6 Å². The third-order valence-electron chi connectivity index (χ3n) is 3.03. The van der Waals surface area contributed by atoms with E-state index < -0.39 is 0 Å². The van der Waals surface area contributed by atoms with Crippen LogP contribution in [0.1, 0.15) is 11.1 Å². The van der Waals surface area contributed by atoms with E-state index in [-0.39, 0.29) is 5.82 Å². The number of nitrogens with zero attached hydrogens (tertiary/aromatic N) is 3. The third-order valence-corrected chi connectivity index (χ3v) is 3.03. The maximum absolute atomic E-state index is 13.9. The fourth-order valence-electron chi connectivity index (χ4n) is 2.13. The maximum atomic E-state index is 13.9. The molecule has 0 unspecified atom stereocenters. The molecule has 0 saturated carbocycles. The molecular formula is C15H10FN3. The first-order valence-corrected chi connectivity index (χ1v) is 5.87. The number of benzene rings is 2. The summed E-state index contributed by atoms with van der Waals surface area (Å²) in [7, 11) is 0. The van der Waals surface area contributed by atoms with Crippen molar-refractivity contribution in [1.29, 1.82) is 5.26 Å². The highest BCUT2D eigenvalue weighted by molar-refractivity contribution is 5.82. The molecule has 19 heavy (non-hydrogen) atoms. The van der Waals surface area contributed by atoms with E-state index >= 15 is 0 Å². The zero-order valence-electron chi connectivity index (χ0n) is 10.0. The summed E-state index contributed by atoms with van der Waals surface area (Å²) in [5.74, 6) is -0.359. The summed E-state index contributed by atoms with van der Waals surface area (Å²) in [6.45, 7) is 0.531. The first-order valence-electron chi connectivity index (χ1n) is 5.87. The number of hydrogen-bond donors (Lipinski definition) is 0. The number of nitriles is 1. The van der Waals surface area contributed by atoms with E-state index in [9.17, 15) is 4.39 Å². The smallest absolute Gasteiger partial charge is 0.149 e. The lowest BCUT2D eigenvalue weighted by atomic mass is 10.2. The van der Waals surface area contributed by atoms with Crippen LogP contribution in [0.15, 0.2) is 48.8 Å². The molecule has 0 spiro atoms. The van der Waals surface area contributed by atoms with E-state index in [2.05, 4.69) is 4.98 Å². The van der Waals surface area contributed by atoms with Crippen LogP contribution in [0, 0.1) is 17.1 Å². The number of imidazole rings is 1. The Labute approximate surface area is 109 Å². The first-order chi connectivity index (χ1) is 9.29. The van der Waals surface area contributed by atoms with Gasteiger partial charge >= 0.3 is 0 Å². The van der Waals surface area contributed by atoms with Crippen LogP contribution in [0.3, 0.4) is 0 Å². The van der Waals surface area contributed by atoms with Gasteiger partial charge in [0.25, 0.3) is 0 Å². The number of halogens is 1. The standard InChI is InChI=1S/C15H10FN3/c16-13-7-6-12(8-17)14-15(13)19(10-18-14)9-11-4-2-1-3-5-11/h1-7,10H,9H2. The summed E-state index contributed by atoms with van der Waals surface area (Å²) < 4.78 is 15.7. The molecular weight excluding hydrogens is 241 g/mol. The highest BCUT2D eigenvalue weighted by atomic mass is 19.1. The number of fused-ring (bicyclic) bond motifs is 1. The largest absolute Gasteiger partial charge is 0.324 e. The van der Waals surface area contributed by atoms with Gasteiger partial charge in [0.2, 0.25) is 0 Å². The maximum Gasteiger partial charge on any atom is 0.149 e. The minimum Gasteiger partial charge on any atom is -0.324 e. The molecule has 4 heteroatoms. The van der Waals surface area contributed by atoms with E-state index in [4.69, 9.17) is 5.26 Å². The molecule has 3 rings (SSSR count). The molecule has 0 bridgehead atoms. The van der Waals surface area contributed by atoms with Crippen LogP contribution in [0.2, 0.25) is 0 Å². The SMILES string of the molecule is N#Cc1ccc(F)c2c1ncn2Cc1ccccc1.